The highest BCUT2D eigenvalue weighted by Crippen LogP contribution is 2.39. The number of hydrazine groups is 1. The molecule has 0 saturated heterocycles. The van der Waals surface area contributed by atoms with E-state index < -0.39 is 0 Å². The zero-order valence-electron chi connectivity index (χ0n) is 22.0. The molecule has 0 radical (unpaired) electrons. The monoisotopic (exact) mass is 497 g/mol. The number of methoxy groups -OCH3 is 1. The van der Waals surface area contributed by atoms with Gasteiger partial charge in [0.15, 0.2) is 11.5 Å². The molecule has 5 rings (SSSR count). The molecule has 1 unspecified atom stereocenters. The molecule has 4 N–H and O–H groups in total. The number of pyridine rings is 1. The van der Waals surface area contributed by atoms with Crippen molar-refractivity contribution in [1.29, 1.82) is 0 Å². The predicted octanol–water partition coefficient (Wildman–Crippen LogP) is 4.12. The van der Waals surface area contributed by atoms with E-state index in [1.54, 1.807) is 14.2 Å². The quantitative estimate of drug-likeness (QED) is 0.164. The fourth-order valence-corrected chi connectivity index (χ4v) is 5.45. The lowest BCUT2D eigenvalue weighted by atomic mass is 9.95. The Hall–Kier alpha value is -3.75. The fraction of sp³-hybridized carbons (Fsp3) is 0.345. The summed E-state index contributed by atoms with van der Waals surface area (Å²) in [6, 6.07) is 17.1. The minimum Gasteiger partial charge on any atom is -0.384 e. The minimum absolute atomic E-state index is 0.210. The SMILES string of the molecule is CCc1nc2c(C)cc(CCOC)nc2n1C1CCc2cc(-c3ccccc3/C(N)=N/N(C)N)ccc21. The summed E-state index contributed by atoms with van der Waals surface area (Å²) < 4.78 is 7.68. The van der Waals surface area contributed by atoms with E-state index in [-0.39, 0.29) is 6.04 Å². The molecule has 8 heteroatoms. The van der Waals surface area contributed by atoms with Gasteiger partial charge in [-0.3, -0.25) is 0 Å². The van der Waals surface area contributed by atoms with Gasteiger partial charge in [0.1, 0.15) is 11.3 Å². The van der Waals surface area contributed by atoms with Crippen molar-refractivity contribution < 1.29 is 4.74 Å². The van der Waals surface area contributed by atoms with E-state index in [9.17, 15) is 0 Å². The number of imidazole rings is 1. The molecule has 1 aliphatic rings. The molecule has 1 aliphatic carbocycles. The summed E-state index contributed by atoms with van der Waals surface area (Å²) in [6.45, 7) is 4.94. The number of nitrogens with two attached hydrogens (primary N) is 2. The van der Waals surface area contributed by atoms with Crippen LogP contribution in [0.3, 0.4) is 0 Å². The van der Waals surface area contributed by atoms with Crippen molar-refractivity contribution in [2.24, 2.45) is 16.7 Å². The second-order valence-corrected chi connectivity index (χ2v) is 9.67. The first-order chi connectivity index (χ1) is 17.9. The third-order valence-corrected chi connectivity index (χ3v) is 7.12. The van der Waals surface area contributed by atoms with Crippen molar-refractivity contribution >= 4 is 17.0 Å². The van der Waals surface area contributed by atoms with E-state index in [4.69, 9.17) is 26.3 Å². The summed E-state index contributed by atoms with van der Waals surface area (Å²) in [4.78, 5) is 10.1. The van der Waals surface area contributed by atoms with Gasteiger partial charge in [-0.2, -0.15) is 0 Å². The Balaban J connectivity index is 1.57. The molecule has 2 aromatic heterocycles. The van der Waals surface area contributed by atoms with Crippen LogP contribution >= 0.6 is 0 Å². The summed E-state index contributed by atoms with van der Waals surface area (Å²) in [7, 11) is 3.39. The van der Waals surface area contributed by atoms with Crippen LogP contribution in [0.15, 0.2) is 53.6 Å². The van der Waals surface area contributed by atoms with E-state index in [0.717, 1.165) is 70.6 Å². The van der Waals surface area contributed by atoms with Crippen LogP contribution in [0.1, 0.15) is 53.2 Å². The lowest BCUT2D eigenvalue weighted by molar-refractivity contribution is 0.201. The lowest BCUT2D eigenvalue weighted by Gasteiger charge is -2.18. The number of benzene rings is 2. The summed E-state index contributed by atoms with van der Waals surface area (Å²) in [5.41, 5.74) is 16.2. The largest absolute Gasteiger partial charge is 0.384 e. The molecule has 0 aliphatic heterocycles. The third-order valence-electron chi connectivity index (χ3n) is 7.12. The first kappa shape index (κ1) is 24.9. The lowest BCUT2D eigenvalue weighted by Crippen LogP contribution is -2.25. The number of rotatable bonds is 8. The Labute approximate surface area is 217 Å². The summed E-state index contributed by atoms with van der Waals surface area (Å²) >= 11 is 0. The van der Waals surface area contributed by atoms with Crippen LogP contribution < -0.4 is 11.6 Å². The maximum Gasteiger partial charge on any atom is 0.161 e. The highest BCUT2D eigenvalue weighted by molar-refractivity contribution is 6.03. The number of hydrogen-bond donors (Lipinski definition) is 2. The Morgan fingerprint density at radius 1 is 1.19 bits per heavy atom. The van der Waals surface area contributed by atoms with E-state index in [1.165, 1.54) is 16.2 Å². The summed E-state index contributed by atoms with van der Waals surface area (Å²) in [5, 5.41) is 5.45. The zero-order chi connectivity index (χ0) is 26.1. The van der Waals surface area contributed by atoms with Gasteiger partial charge in [-0.1, -0.05) is 49.4 Å². The smallest absolute Gasteiger partial charge is 0.161 e. The highest BCUT2D eigenvalue weighted by atomic mass is 16.5. The van der Waals surface area contributed by atoms with Crippen molar-refractivity contribution in [3.8, 4) is 11.1 Å². The van der Waals surface area contributed by atoms with E-state index >= 15 is 0 Å². The number of aromatic nitrogens is 3. The van der Waals surface area contributed by atoms with Crippen LogP contribution in [0.4, 0.5) is 0 Å². The standard InChI is InChI=1S/C29H35N7O/c1-5-26-33-27-18(2)16-21(14-15-37-4)32-29(27)36(26)25-13-11-20-17-19(10-12-23(20)25)22-8-6-7-9-24(22)28(30)34-35(3)31/h6-10,12,16-17,25H,5,11,13-15,31H2,1-4H3,(H2,30,34). The Kier molecular flexibility index (Phi) is 6.95. The Morgan fingerprint density at radius 3 is 2.76 bits per heavy atom. The first-order valence-corrected chi connectivity index (χ1v) is 12.8. The number of hydrazone groups is 1. The van der Waals surface area contributed by atoms with Gasteiger partial charge >= 0.3 is 0 Å². The van der Waals surface area contributed by atoms with Crippen LogP contribution in [0.25, 0.3) is 22.3 Å². The molecule has 2 heterocycles. The summed E-state index contributed by atoms with van der Waals surface area (Å²) in [6.07, 6.45) is 3.66. The maximum atomic E-state index is 6.28. The fourth-order valence-electron chi connectivity index (χ4n) is 5.45. The second-order valence-electron chi connectivity index (χ2n) is 9.67. The molecular formula is C29H35N7O. The van der Waals surface area contributed by atoms with Crippen LogP contribution in [0, 0.1) is 6.92 Å². The van der Waals surface area contributed by atoms with Crippen molar-refractivity contribution in [1.82, 2.24) is 19.7 Å². The van der Waals surface area contributed by atoms with Crippen LogP contribution in [0.5, 0.6) is 0 Å². The van der Waals surface area contributed by atoms with Gasteiger partial charge in [-0.25, -0.2) is 20.9 Å². The zero-order valence-corrected chi connectivity index (χ0v) is 22.0. The average Bonchev–Trinajstić information content (AvgIpc) is 3.47. The maximum absolute atomic E-state index is 6.28. The molecule has 192 valence electrons. The number of ether oxygens (including phenoxy) is 1. The summed E-state index contributed by atoms with van der Waals surface area (Å²) in [5.74, 6) is 7.18. The number of nitrogens with zero attached hydrogens (tertiary/aromatic N) is 5. The van der Waals surface area contributed by atoms with Crippen LogP contribution in [-0.4, -0.2) is 46.3 Å². The topological polar surface area (TPSA) is 108 Å². The molecule has 37 heavy (non-hydrogen) atoms. The number of fused-ring (bicyclic) bond motifs is 2. The Morgan fingerprint density at radius 2 is 2.00 bits per heavy atom. The minimum atomic E-state index is 0.210. The van der Waals surface area contributed by atoms with Crippen molar-refractivity contribution in [3.63, 3.8) is 0 Å². The molecule has 0 amide bonds. The van der Waals surface area contributed by atoms with Gasteiger partial charge in [0.2, 0.25) is 0 Å². The van der Waals surface area contributed by atoms with Gasteiger partial charge in [-0.15, -0.1) is 5.10 Å². The van der Waals surface area contributed by atoms with Crippen molar-refractivity contribution in [3.05, 3.63) is 82.3 Å². The Bertz CT molecular complexity index is 1470. The molecular weight excluding hydrogens is 462 g/mol. The first-order valence-electron chi connectivity index (χ1n) is 12.8. The van der Waals surface area contributed by atoms with Crippen LogP contribution in [0.2, 0.25) is 0 Å². The average molecular weight is 498 g/mol. The molecule has 0 saturated carbocycles. The molecule has 0 bridgehead atoms. The molecule has 4 aromatic rings. The van der Waals surface area contributed by atoms with Gasteiger partial charge < -0.3 is 15.0 Å². The second kappa shape index (κ2) is 10.3. The van der Waals surface area contributed by atoms with Gasteiger partial charge in [-0.05, 0) is 53.6 Å². The molecule has 1 atom stereocenters. The van der Waals surface area contributed by atoms with E-state index in [0.29, 0.717) is 12.4 Å². The van der Waals surface area contributed by atoms with E-state index in [1.807, 2.05) is 18.2 Å². The normalized spacial score (nSPS) is 15.4. The molecule has 8 nitrogen and oxygen atoms in total. The third kappa shape index (κ3) is 4.70. The predicted molar refractivity (Wildman–Crippen MR) is 148 cm³/mol. The van der Waals surface area contributed by atoms with Crippen molar-refractivity contribution in [2.45, 2.75) is 45.6 Å². The number of amidine groups is 1. The van der Waals surface area contributed by atoms with Gasteiger partial charge in [0.25, 0.3) is 0 Å². The highest BCUT2D eigenvalue weighted by Gasteiger charge is 2.29. The number of hydrogen-bond acceptors (Lipinski definition) is 6. The van der Waals surface area contributed by atoms with Gasteiger partial charge in [0.05, 0.1) is 12.6 Å². The van der Waals surface area contributed by atoms with E-state index in [2.05, 4.69) is 53.8 Å². The van der Waals surface area contributed by atoms with Crippen LogP contribution in [-0.2, 0) is 24.0 Å². The van der Waals surface area contributed by atoms with Crippen molar-refractivity contribution in [2.75, 3.05) is 20.8 Å². The number of aryl methyl sites for hydroxylation is 3. The molecule has 2 aromatic carbocycles. The molecule has 0 fully saturated rings. The van der Waals surface area contributed by atoms with Gasteiger partial charge in [0, 0.05) is 38.3 Å². The molecule has 0 spiro atoms.